The van der Waals surface area contributed by atoms with Crippen molar-refractivity contribution in [1.29, 1.82) is 0 Å². The van der Waals surface area contributed by atoms with E-state index in [-0.39, 0.29) is 16.5 Å². The molecule has 0 bridgehead atoms. The van der Waals surface area contributed by atoms with Crippen LogP contribution in [-0.2, 0) is 4.79 Å². The molecular weight excluding hydrogens is 285 g/mol. The number of nitrogens with zero attached hydrogens (tertiary/aromatic N) is 1. The van der Waals surface area contributed by atoms with Crippen LogP contribution in [0.5, 0.6) is 0 Å². The lowest BCUT2D eigenvalue weighted by molar-refractivity contribution is -0.142. The molecule has 0 radical (unpaired) electrons. The van der Waals surface area contributed by atoms with E-state index in [1.54, 1.807) is 0 Å². The Balaban J connectivity index is 2.05. The van der Waals surface area contributed by atoms with Gasteiger partial charge in [-0.1, -0.05) is 23.8 Å². The molecule has 0 aliphatic heterocycles. The Labute approximate surface area is 118 Å². The molecule has 104 valence electrons. The van der Waals surface area contributed by atoms with Crippen molar-refractivity contribution in [2.45, 2.75) is 18.8 Å². The van der Waals surface area contributed by atoms with Crippen molar-refractivity contribution in [2.75, 3.05) is 0 Å². The van der Waals surface area contributed by atoms with Crippen LogP contribution in [0, 0.1) is 11.7 Å². The molecule has 1 N–H and O–H groups in total. The summed E-state index contributed by atoms with van der Waals surface area (Å²) in [6, 6.07) is 2.55. The number of carboxylic acids is 1. The minimum atomic E-state index is -0.884. The number of benzene rings is 1. The number of rotatable bonds is 2. The number of carbonyl (C=O) groups is 1. The highest BCUT2D eigenvalue weighted by Gasteiger charge is 2.33. The Hall–Kier alpha value is -1.88. The maximum absolute atomic E-state index is 13.4. The minimum absolute atomic E-state index is 0.0318. The lowest BCUT2D eigenvalue weighted by atomic mass is 9.83. The number of carboxylic acid groups (broad SMARTS) is 1. The summed E-state index contributed by atoms with van der Waals surface area (Å²) < 4.78 is 18.9. The molecule has 1 aromatic heterocycles. The van der Waals surface area contributed by atoms with Gasteiger partial charge < -0.3 is 9.52 Å². The molecule has 1 aliphatic carbocycles. The highest BCUT2D eigenvalue weighted by molar-refractivity contribution is 6.31. The predicted octanol–water partition coefficient (Wildman–Crippen LogP) is 3.75. The standard InChI is InChI=1S/C14H11ClFNO3/c15-9-5-11-12(6-10(9)16)20-13(17-11)7-3-1-2-4-8(7)14(18)19/h1-2,5-8H,3-4H2,(H,18,19). The average Bonchev–Trinajstić information content (AvgIpc) is 2.82. The molecule has 20 heavy (non-hydrogen) atoms. The number of halogens is 2. The monoisotopic (exact) mass is 295 g/mol. The maximum Gasteiger partial charge on any atom is 0.307 e. The second kappa shape index (κ2) is 4.90. The molecule has 1 aliphatic rings. The smallest absolute Gasteiger partial charge is 0.307 e. The number of hydrogen-bond donors (Lipinski definition) is 1. The summed E-state index contributed by atoms with van der Waals surface area (Å²) in [4.78, 5) is 15.5. The van der Waals surface area contributed by atoms with Crippen LogP contribution in [0.4, 0.5) is 4.39 Å². The second-order valence-corrected chi connectivity index (χ2v) is 5.19. The number of oxazole rings is 1. The molecule has 0 spiro atoms. The van der Waals surface area contributed by atoms with Crippen molar-refractivity contribution in [3.05, 3.63) is 41.0 Å². The van der Waals surface area contributed by atoms with Gasteiger partial charge >= 0.3 is 5.97 Å². The van der Waals surface area contributed by atoms with Crippen LogP contribution < -0.4 is 0 Å². The molecule has 6 heteroatoms. The first kappa shape index (κ1) is 13.1. The molecule has 1 aromatic carbocycles. The molecule has 0 fully saturated rings. The van der Waals surface area contributed by atoms with E-state index >= 15 is 0 Å². The Morgan fingerprint density at radius 2 is 2.15 bits per heavy atom. The molecule has 3 rings (SSSR count). The highest BCUT2D eigenvalue weighted by Crippen LogP contribution is 2.36. The quantitative estimate of drug-likeness (QED) is 0.857. The first-order valence-corrected chi connectivity index (χ1v) is 6.57. The number of allylic oxidation sites excluding steroid dienone is 2. The lowest BCUT2D eigenvalue weighted by Crippen LogP contribution is -2.23. The van der Waals surface area contributed by atoms with Gasteiger partial charge in [-0.2, -0.15) is 0 Å². The third kappa shape index (κ3) is 2.18. The van der Waals surface area contributed by atoms with E-state index < -0.39 is 17.7 Å². The summed E-state index contributed by atoms with van der Waals surface area (Å²) in [6.07, 6.45) is 4.73. The summed E-state index contributed by atoms with van der Waals surface area (Å²) in [6.45, 7) is 0. The third-order valence-electron chi connectivity index (χ3n) is 3.51. The second-order valence-electron chi connectivity index (χ2n) is 4.78. The Kier molecular flexibility index (Phi) is 3.22. The average molecular weight is 296 g/mol. The first-order valence-electron chi connectivity index (χ1n) is 6.19. The van der Waals surface area contributed by atoms with Gasteiger partial charge in [-0.25, -0.2) is 9.37 Å². The zero-order valence-corrected chi connectivity index (χ0v) is 11.1. The fourth-order valence-electron chi connectivity index (χ4n) is 2.46. The fourth-order valence-corrected chi connectivity index (χ4v) is 2.62. The van der Waals surface area contributed by atoms with E-state index in [9.17, 15) is 14.3 Å². The van der Waals surface area contributed by atoms with Crippen LogP contribution in [0.3, 0.4) is 0 Å². The minimum Gasteiger partial charge on any atom is -0.481 e. The summed E-state index contributed by atoms with van der Waals surface area (Å²) in [5.74, 6) is -2.07. The van der Waals surface area contributed by atoms with Crippen LogP contribution in [0.15, 0.2) is 28.7 Å². The fraction of sp³-hybridized carbons (Fsp3) is 0.286. The van der Waals surface area contributed by atoms with Crippen molar-refractivity contribution < 1.29 is 18.7 Å². The van der Waals surface area contributed by atoms with Gasteiger partial charge in [-0.05, 0) is 18.9 Å². The Morgan fingerprint density at radius 3 is 2.90 bits per heavy atom. The van der Waals surface area contributed by atoms with E-state index in [0.29, 0.717) is 24.2 Å². The van der Waals surface area contributed by atoms with Gasteiger partial charge in [0, 0.05) is 6.07 Å². The maximum atomic E-state index is 13.4. The van der Waals surface area contributed by atoms with Crippen molar-refractivity contribution in [2.24, 2.45) is 5.92 Å². The van der Waals surface area contributed by atoms with Crippen LogP contribution in [0.25, 0.3) is 11.1 Å². The summed E-state index contributed by atoms with van der Waals surface area (Å²) >= 11 is 5.70. The number of fused-ring (bicyclic) bond motifs is 1. The molecule has 2 aromatic rings. The van der Waals surface area contributed by atoms with Gasteiger partial charge in [-0.15, -0.1) is 0 Å². The normalized spacial score (nSPS) is 22.3. The van der Waals surface area contributed by atoms with Crippen molar-refractivity contribution >= 4 is 28.7 Å². The van der Waals surface area contributed by atoms with Gasteiger partial charge in [0.1, 0.15) is 11.3 Å². The number of aromatic nitrogens is 1. The predicted molar refractivity (Wildman–Crippen MR) is 71.2 cm³/mol. The van der Waals surface area contributed by atoms with E-state index in [1.165, 1.54) is 12.1 Å². The first-order chi connectivity index (χ1) is 9.56. The lowest BCUT2D eigenvalue weighted by Gasteiger charge is -2.21. The van der Waals surface area contributed by atoms with E-state index in [1.807, 2.05) is 12.2 Å². The SMILES string of the molecule is O=C(O)C1CC=CCC1c1nc2cc(Cl)c(F)cc2o1. The molecule has 0 saturated heterocycles. The van der Waals surface area contributed by atoms with Crippen molar-refractivity contribution in [3.8, 4) is 0 Å². The summed E-state index contributed by atoms with van der Waals surface area (Å²) in [7, 11) is 0. The Bertz CT molecular complexity index is 671. The van der Waals surface area contributed by atoms with E-state index in [2.05, 4.69) is 4.98 Å². The largest absolute Gasteiger partial charge is 0.481 e. The van der Waals surface area contributed by atoms with Crippen LogP contribution in [-0.4, -0.2) is 16.1 Å². The third-order valence-corrected chi connectivity index (χ3v) is 3.80. The molecule has 0 saturated carbocycles. The zero-order chi connectivity index (χ0) is 14.3. The van der Waals surface area contributed by atoms with Gasteiger partial charge in [0.05, 0.1) is 16.9 Å². The Morgan fingerprint density at radius 1 is 1.40 bits per heavy atom. The van der Waals surface area contributed by atoms with E-state index in [0.717, 1.165) is 0 Å². The zero-order valence-electron chi connectivity index (χ0n) is 10.3. The molecule has 1 heterocycles. The van der Waals surface area contributed by atoms with Crippen molar-refractivity contribution in [3.63, 3.8) is 0 Å². The molecule has 4 nitrogen and oxygen atoms in total. The number of aliphatic carboxylic acids is 1. The van der Waals surface area contributed by atoms with Gasteiger partial charge in [0.15, 0.2) is 11.5 Å². The summed E-state index contributed by atoms with van der Waals surface area (Å²) in [5, 5.41) is 9.22. The van der Waals surface area contributed by atoms with Crippen LogP contribution in [0.1, 0.15) is 24.7 Å². The van der Waals surface area contributed by atoms with Crippen molar-refractivity contribution in [1.82, 2.24) is 4.98 Å². The van der Waals surface area contributed by atoms with Crippen LogP contribution >= 0.6 is 11.6 Å². The topological polar surface area (TPSA) is 63.3 Å². The molecule has 0 amide bonds. The van der Waals surface area contributed by atoms with Gasteiger partial charge in [-0.3, -0.25) is 4.79 Å². The molecular formula is C14H11ClFNO3. The van der Waals surface area contributed by atoms with Gasteiger partial charge in [0.2, 0.25) is 0 Å². The molecule has 2 atom stereocenters. The molecule has 2 unspecified atom stereocenters. The van der Waals surface area contributed by atoms with Crippen LogP contribution in [0.2, 0.25) is 5.02 Å². The highest BCUT2D eigenvalue weighted by atomic mass is 35.5. The summed E-state index contributed by atoms with van der Waals surface area (Å²) in [5.41, 5.74) is 0.714. The van der Waals surface area contributed by atoms with E-state index in [4.69, 9.17) is 16.0 Å². The number of hydrogen-bond acceptors (Lipinski definition) is 3. The van der Waals surface area contributed by atoms with Gasteiger partial charge in [0.25, 0.3) is 0 Å².